The second kappa shape index (κ2) is 7.21. The zero-order chi connectivity index (χ0) is 19.1. The number of hydrogen-bond donors (Lipinski definition) is 0. The normalized spacial score (nSPS) is 19.7. The van der Waals surface area contributed by atoms with Crippen LogP contribution in [0.25, 0.3) is 10.2 Å². The zero-order valence-corrected chi connectivity index (χ0v) is 17.0. The number of rotatable bonds is 2. The van der Waals surface area contributed by atoms with Crippen LogP contribution in [0.1, 0.15) is 30.4 Å². The number of aromatic nitrogens is 1. The van der Waals surface area contributed by atoms with Crippen LogP contribution in [0.5, 0.6) is 0 Å². The van der Waals surface area contributed by atoms with Gasteiger partial charge in [-0.2, -0.15) is 0 Å². The standard InChI is InChI=1S/C23H25N3OS/c1-16-10-11-19-21(14-16)28-23(24-19)25-12-4-8-18(15-25)22(27)26-13-5-7-17-6-2-3-9-20(17)26/h2-3,6,9-11,14,18H,4-5,7-8,12-13,15H2,1H3. The molecule has 1 fully saturated rings. The zero-order valence-electron chi connectivity index (χ0n) is 16.2. The van der Waals surface area contributed by atoms with E-state index in [4.69, 9.17) is 4.98 Å². The van der Waals surface area contributed by atoms with Crippen molar-refractivity contribution in [3.05, 3.63) is 53.6 Å². The Bertz CT molecular complexity index is 1030. The van der Waals surface area contributed by atoms with Crippen molar-refractivity contribution >= 4 is 38.3 Å². The number of thiazole rings is 1. The molecule has 1 aromatic heterocycles. The van der Waals surface area contributed by atoms with Crippen LogP contribution in [0.4, 0.5) is 10.8 Å². The number of hydrogen-bond acceptors (Lipinski definition) is 4. The molecule has 1 unspecified atom stereocenters. The third-order valence-electron chi connectivity index (χ3n) is 5.95. The molecule has 0 radical (unpaired) electrons. The van der Waals surface area contributed by atoms with Gasteiger partial charge >= 0.3 is 0 Å². The van der Waals surface area contributed by atoms with E-state index in [2.05, 4.69) is 48.2 Å². The Kier molecular flexibility index (Phi) is 4.55. The fourth-order valence-corrected chi connectivity index (χ4v) is 5.59. The van der Waals surface area contributed by atoms with E-state index < -0.39 is 0 Å². The highest BCUT2D eigenvalue weighted by atomic mass is 32.1. The number of piperidine rings is 1. The number of benzene rings is 2. The van der Waals surface area contributed by atoms with Crippen molar-refractivity contribution in [3.8, 4) is 0 Å². The predicted octanol–water partition coefficient (Wildman–Crippen LogP) is 4.80. The van der Waals surface area contributed by atoms with E-state index in [-0.39, 0.29) is 11.8 Å². The SMILES string of the molecule is Cc1ccc2nc(N3CCCC(C(=O)N4CCCc5ccccc54)C3)sc2c1. The molecule has 4 nitrogen and oxygen atoms in total. The van der Waals surface area contributed by atoms with E-state index in [0.717, 1.165) is 61.7 Å². The fourth-order valence-electron chi connectivity index (χ4n) is 4.49. The maximum Gasteiger partial charge on any atom is 0.231 e. The number of nitrogens with zero attached hydrogens (tertiary/aromatic N) is 3. The smallest absolute Gasteiger partial charge is 0.231 e. The minimum absolute atomic E-state index is 0.0497. The van der Waals surface area contributed by atoms with Crippen molar-refractivity contribution in [1.29, 1.82) is 0 Å². The molecule has 3 aromatic rings. The molecule has 0 bridgehead atoms. The number of carbonyl (C=O) groups excluding carboxylic acids is 1. The largest absolute Gasteiger partial charge is 0.347 e. The number of fused-ring (bicyclic) bond motifs is 2. The Balaban J connectivity index is 1.37. The van der Waals surface area contributed by atoms with Crippen LogP contribution in [0.15, 0.2) is 42.5 Å². The summed E-state index contributed by atoms with van der Waals surface area (Å²) in [5.41, 5.74) is 4.74. The molecule has 1 amide bonds. The van der Waals surface area contributed by atoms with Gasteiger partial charge in [-0.15, -0.1) is 0 Å². The minimum atomic E-state index is 0.0497. The average Bonchev–Trinajstić information content (AvgIpc) is 3.16. The first-order chi connectivity index (χ1) is 13.7. The minimum Gasteiger partial charge on any atom is -0.347 e. The molecule has 5 rings (SSSR count). The third kappa shape index (κ3) is 3.18. The van der Waals surface area contributed by atoms with Gasteiger partial charge in [0.2, 0.25) is 5.91 Å². The molecule has 2 aliphatic rings. The molecule has 0 spiro atoms. The summed E-state index contributed by atoms with van der Waals surface area (Å²) in [4.78, 5) is 22.6. The molecule has 5 heteroatoms. The number of aryl methyl sites for hydroxylation is 2. The number of carbonyl (C=O) groups is 1. The Morgan fingerprint density at radius 3 is 2.96 bits per heavy atom. The van der Waals surface area contributed by atoms with Gasteiger partial charge in [-0.05, 0) is 61.9 Å². The Hall–Kier alpha value is -2.40. The number of anilines is 2. The van der Waals surface area contributed by atoms with Crippen molar-refractivity contribution in [2.45, 2.75) is 32.6 Å². The summed E-state index contributed by atoms with van der Waals surface area (Å²) in [6, 6.07) is 14.8. The summed E-state index contributed by atoms with van der Waals surface area (Å²) >= 11 is 1.75. The van der Waals surface area contributed by atoms with E-state index in [0.29, 0.717) is 0 Å². The Morgan fingerprint density at radius 2 is 2.04 bits per heavy atom. The molecule has 0 N–H and O–H groups in total. The van der Waals surface area contributed by atoms with E-state index in [1.165, 1.54) is 15.8 Å². The van der Waals surface area contributed by atoms with Crippen molar-refractivity contribution < 1.29 is 4.79 Å². The lowest BCUT2D eigenvalue weighted by Crippen LogP contribution is -2.46. The lowest BCUT2D eigenvalue weighted by Gasteiger charge is -2.37. The molecule has 2 aliphatic heterocycles. The van der Waals surface area contributed by atoms with Gasteiger partial charge in [0, 0.05) is 25.3 Å². The van der Waals surface area contributed by atoms with Crippen LogP contribution in [-0.2, 0) is 11.2 Å². The first-order valence-corrected chi connectivity index (χ1v) is 11.0. The van der Waals surface area contributed by atoms with Crippen molar-refractivity contribution in [3.63, 3.8) is 0 Å². The van der Waals surface area contributed by atoms with Crippen LogP contribution in [0, 0.1) is 12.8 Å². The molecular formula is C23H25N3OS. The molecule has 1 saturated heterocycles. The molecule has 3 heterocycles. The molecular weight excluding hydrogens is 366 g/mol. The monoisotopic (exact) mass is 391 g/mol. The van der Waals surface area contributed by atoms with Gasteiger partial charge < -0.3 is 9.80 Å². The van der Waals surface area contributed by atoms with Crippen molar-refractivity contribution in [2.75, 3.05) is 29.4 Å². The van der Waals surface area contributed by atoms with Gasteiger partial charge in [0.25, 0.3) is 0 Å². The van der Waals surface area contributed by atoms with E-state index >= 15 is 0 Å². The van der Waals surface area contributed by atoms with E-state index in [1.54, 1.807) is 11.3 Å². The summed E-state index contributed by atoms with van der Waals surface area (Å²) < 4.78 is 1.23. The van der Waals surface area contributed by atoms with Crippen LogP contribution in [-0.4, -0.2) is 30.5 Å². The Morgan fingerprint density at radius 1 is 1.14 bits per heavy atom. The second-order valence-corrected chi connectivity index (χ2v) is 8.98. The number of para-hydroxylation sites is 1. The molecule has 28 heavy (non-hydrogen) atoms. The fraction of sp³-hybridized carbons (Fsp3) is 0.391. The van der Waals surface area contributed by atoms with Gasteiger partial charge in [0.15, 0.2) is 5.13 Å². The molecule has 0 saturated carbocycles. The summed E-state index contributed by atoms with van der Waals surface area (Å²) in [7, 11) is 0. The first-order valence-electron chi connectivity index (χ1n) is 10.2. The summed E-state index contributed by atoms with van der Waals surface area (Å²) in [5, 5.41) is 1.05. The Labute approximate surface area is 169 Å². The summed E-state index contributed by atoms with van der Waals surface area (Å²) in [5.74, 6) is 0.336. The molecule has 144 valence electrons. The lowest BCUT2D eigenvalue weighted by atomic mass is 9.94. The molecule has 2 aromatic carbocycles. The highest BCUT2D eigenvalue weighted by molar-refractivity contribution is 7.22. The molecule has 0 aliphatic carbocycles. The van der Waals surface area contributed by atoms with Crippen LogP contribution in [0.3, 0.4) is 0 Å². The van der Waals surface area contributed by atoms with Gasteiger partial charge in [0.05, 0.1) is 16.1 Å². The van der Waals surface area contributed by atoms with Crippen LogP contribution in [0.2, 0.25) is 0 Å². The number of amides is 1. The maximum atomic E-state index is 13.4. The van der Waals surface area contributed by atoms with Gasteiger partial charge in [-0.3, -0.25) is 4.79 Å². The second-order valence-electron chi connectivity index (χ2n) is 7.97. The van der Waals surface area contributed by atoms with Gasteiger partial charge in [0.1, 0.15) is 0 Å². The van der Waals surface area contributed by atoms with Crippen molar-refractivity contribution in [1.82, 2.24) is 4.98 Å². The molecule has 1 atom stereocenters. The predicted molar refractivity (Wildman–Crippen MR) is 116 cm³/mol. The van der Waals surface area contributed by atoms with Gasteiger partial charge in [-0.25, -0.2) is 4.98 Å². The lowest BCUT2D eigenvalue weighted by molar-refractivity contribution is -0.122. The summed E-state index contributed by atoms with van der Waals surface area (Å²) in [6.45, 7) is 4.72. The van der Waals surface area contributed by atoms with Gasteiger partial charge in [-0.1, -0.05) is 35.6 Å². The average molecular weight is 392 g/mol. The third-order valence-corrected chi connectivity index (χ3v) is 7.03. The highest BCUT2D eigenvalue weighted by Crippen LogP contribution is 2.34. The maximum absolute atomic E-state index is 13.4. The van der Waals surface area contributed by atoms with Crippen LogP contribution < -0.4 is 9.80 Å². The van der Waals surface area contributed by atoms with Crippen LogP contribution >= 0.6 is 11.3 Å². The van der Waals surface area contributed by atoms with E-state index in [1.807, 2.05) is 11.0 Å². The van der Waals surface area contributed by atoms with Crippen molar-refractivity contribution in [2.24, 2.45) is 5.92 Å². The summed E-state index contributed by atoms with van der Waals surface area (Å²) in [6.07, 6.45) is 4.14. The highest BCUT2D eigenvalue weighted by Gasteiger charge is 2.32. The topological polar surface area (TPSA) is 36.4 Å². The van der Waals surface area contributed by atoms with E-state index in [9.17, 15) is 4.79 Å². The quantitative estimate of drug-likeness (QED) is 0.630. The first kappa shape index (κ1) is 17.7.